The van der Waals surface area contributed by atoms with Gasteiger partial charge in [0.05, 0.1) is 0 Å². The van der Waals surface area contributed by atoms with Crippen LogP contribution in [0.3, 0.4) is 0 Å². The van der Waals surface area contributed by atoms with Gasteiger partial charge in [-0.1, -0.05) is 44.7 Å². The topological polar surface area (TPSA) is 3.24 Å². The quantitative estimate of drug-likeness (QED) is 0.585. The Morgan fingerprint density at radius 1 is 1.00 bits per heavy atom. The zero-order valence-electron chi connectivity index (χ0n) is 12.7. The molecule has 3 heteroatoms. The molecule has 0 unspecified atom stereocenters. The zero-order chi connectivity index (χ0) is 13.2. The van der Waals surface area contributed by atoms with Crippen LogP contribution in [0.5, 0.6) is 0 Å². The number of rotatable bonds is 2. The zero-order valence-corrected chi connectivity index (χ0v) is 15.7. The van der Waals surface area contributed by atoms with E-state index in [4.69, 9.17) is 0 Å². The van der Waals surface area contributed by atoms with Crippen LogP contribution < -0.4 is 21.9 Å². The van der Waals surface area contributed by atoms with Gasteiger partial charge in [0.25, 0.3) is 0 Å². The number of anilines is 2. The second-order valence-corrected chi connectivity index (χ2v) is 5.61. The van der Waals surface area contributed by atoms with Crippen LogP contribution in [0.2, 0.25) is 0 Å². The Kier molecular flexibility index (Phi) is 7.85. The fourth-order valence-corrected chi connectivity index (χ4v) is 1.90. The first-order chi connectivity index (χ1) is 8.48. The molecule has 0 saturated heterocycles. The summed E-state index contributed by atoms with van der Waals surface area (Å²) in [7, 11) is 2.08. The Labute approximate surface area is 149 Å². The summed E-state index contributed by atoms with van der Waals surface area (Å²) in [5.41, 5.74) is 3.79. The van der Waals surface area contributed by atoms with E-state index >= 15 is 0 Å². The molecule has 0 radical (unpaired) electrons. The molecule has 0 fully saturated rings. The Hall–Kier alpha value is -0.514. The maximum Gasteiger partial charge on any atom is 2.00 e. The standard InChI is InChI=1S/C17H20N.BrH.Mg/c1-17(2,3)14-9-8-12-16(13-14)18(4)15-10-6-5-7-11-15;;/h5-11,13H,1-4H3;1H;/q-1;;+2/p-1. The van der Waals surface area contributed by atoms with Gasteiger partial charge in [-0.25, -0.2) is 0 Å². The Morgan fingerprint density at radius 3 is 2.15 bits per heavy atom. The summed E-state index contributed by atoms with van der Waals surface area (Å²) in [5.74, 6) is 0. The van der Waals surface area contributed by atoms with Crippen molar-refractivity contribution >= 4 is 34.4 Å². The fourth-order valence-electron chi connectivity index (χ4n) is 1.90. The molecule has 0 saturated carbocycles. The molecule has 0 aliphatic carbocycles. The number of para-hydroxylation sites is 1. The molecule has 0 aliphatic heterocycles. The minimum absolute atomic E-state index is 0. The van der Waals surface area contributed by atoms with Crippen molar-refractivity contribution in [3.8, 4) is 0 Å². The maximum absolute atomic E-state index is 3.31. The summed E-state index contributed by atoms with van der Waals surface area (Å²) in [6, 6.07) is 20.0. The van der Waals surface area contributed by atoms with Crippen LogP contribution in [0.25, 0.3) is 0 Å². The summed E-state index contributed by atoms with van der Waals surface area (Å²) in [4.78, 5) is 2.16. The first-order valence-electron chi connectivity index (χ1n) is 6.29. The van der Waals surface area contributed by atoms with E-state index in [1.807, 2.05) is 12.1 Å². The monoisotopic (exact) mass is 341 g/mol. The molecule has 0 N–H and O–H groups in total. The van der Waals surface area contributed by atoms with Crippen molar-refractivity contribution in [3.05, 3.63) is 60.2 Å². The van der Waals surface area contributed by atoms with Crippen molar-refractivity contribution in [3.63, 3.8) is 0 Å². The van der Waals surface area contributed by atoms with Gasteiger partial charge in [0.2, 0.25) is 0 Å². The summed E-state index contributed by atoms with van der Waals surface area (Å²) in [6.07, 6.45) is 0. The van der Waals surface area contributed by atoms with E-state index < -0.39 is 0 Å². The van der Waals surface area contributed by atoms with Crippen molar-refractivity contribution in [2.45, 2.75) is 26.2 Å². The number of benzene rings is 2. The minimum Gasteiger partial charge on any atom is -1.00 e. The average molecular weight is 343 g/mol. The smallest absolute Gasteiger partial charge is 1.00 e. The van der Waals surface area contributed by atoms with Crippen molar-refractivity contribution in [1.82, 2.24) is 0 Å². The molecule has 0 aliphatic rings. The molecule has 102 valence electrons. The van der Waals surface area contributed by atoms with Gasteiger partial charge in [0.15, 0.2) is 0 Å². The molecular weight excluding hydrogens is 322 g/mol. The van der Waals surface area contributed by atoms with Crippen LogP contribution in [0.1, 0.15) is 26.3 Å². The van der Waals surface area contributed by atoms with Crippen LogP contribution in [-0.2, 0) is 5.41 Å². The first kappa shape index (κ1) is 19.5. The van der Waals surface area contributed by atoms with E-state index in [1.165, 1.54) is 11.3 Å². The van der Waals surface area contributed by atoms with Crippen molar-refractivity contribution in [1.29, 1.82) is 0 Å². The summed E-state index contributed by atoms with van der Waals surface area (Å²) in [6.45, 7) is 6.69. The molecule has 2 rings (SSSR count). The predicted molar refractivity (Wildman–Crippen MR) is 84.2 cm³/mol. The van der Waals surface area contributed by atoms with Crippen LogP contribution in [-0.4, -0.2) is 30.1 Å². The van der Waals surface area contributed by atoms with E-state index in [2.05, 4.69) is 75.2 Å². The van der Waals surface area contributed by atoms with Gasteiger partial charge < -0.3 is 21.9 Å². The first-order valence-corrected chi connectivity index (χ1v) is 6.29. The number of hydrogen-bond donors (Lipinski definition) is 0. The third kappa shape index (κ3) is 4.79. The molecule has 0 bridgehead atoms. The SMILES string of the molecule is CN(c1[c-]ccc(C(C)(C)C)c1)c1ccccc1.[Br-].[Mg+2]. The van der Waals surface area contributed by atoms with Gasteiger partial charge in [0, 0.05) is 12.7 Å². The average Bonchev–Trinajstić information content (AvgIpc) is 2.38. The molecular formula is C17H20BrMgN. The molecule has 0 heterocycles. The second-order valence-electron chi connectivity index (χ2n) is 5.61. The Balaban J connectivity index is 0.00000180. The van der Waals surface area contributed by atoms with E-state index in [0.717, 1.165) is 5.69 Å². The third-order valence-corrected chi connectivity index (χ3v) is 3.16. The molecule has 20 heavy (non-hydrogen) atoms. The van der Waals surface area contributed by atoms with Crippen LogP contribution in [0.4, 0.5) is 11.4 Å². The molecule has 2 aromatic rings. The maximum atomic E-state index is 3.31. The second kappa shape index (κ2) is 8.06. The molecule has 1 nitrogen and oxygen atoms in total. The summed E-state index contributed by atoms with van der Waals surface area (Å²) < 4.78 is 0. The van der Waals surface area contributed by atoms with Crippen LogP contribution >= 0.6 is 0 Å². The molecule has 0 atom stereocenters. The normalized spacial score (nSPS) is 10.2. The predicted octanol–water partition coefficient (Wildman–Crippen LogP) is 1.18. The summed E-state index contributed by atoms with van der Waals surface area (Å²) >= 11 is 0. The van der Waals surface area contributed by atoms with Gasteiger partial charge in [-0.3, -0.25) is 0 Å². The van der Waals surface area contributed by atoms with E-state index in [9.17, 15) is 0 Å². The molecule has 0 spiro atoms. The van der Waals surface area contributed by atoms with Crippen LogP contribution in [0, 0.1) is 6.07 Å². The molecule has 0 amide bonds. The Bertz CT molecular complexity index is 520. The van der Waals surface area contributed by atoms with Gasteiger partial charge >= 0.3 is 23.1 Å². The number of hydrogen-bond acceptors (Lipinski definition) is 1. The van der Waals surface area contributed by atoms with Crippen molar-refractivity contribution < 1.29 is 17.0 Å². The molecule has 2 aromatic carbocycles. The van der Waals surface area contributed by atoms with Crippen LogP contribution in [0.15, 0.2) is 48.5 Å². The number of halogens is 1. The number of nitrogens with zero attached hydrogens (tertiary/aromatic N) is 1. The van der Waals surface area contributed by atoms with E-state index in [0.29, 0.717) is 0 Å². The van der Waals surface area contributed by atoms with Gasteiger partial charge in [0.1, 0.15) is 0 Å². The van der Waals surface area contributed by atoms with E-state index in [1.54, 1.807) is 0 Å². The van der Waals surface area contributed by atoms with Crippen molar-refractivity contribution in [2.75, 3.05) is 11.9 Å². The van der Waals surface area contributed by atoms with Crippen molar-refractivity contribution in [2.24, 2.45) is 0 Å². The van der Waals surface area contributed by atoms with Gasteiger partial charge in [-0.05, 0) is 17.5 Å². The Morgan fingerprint density at radius 2 is 1.60 bits per heavy atom. The van der Waals surface area contributed by atoms with Gasteiger partial charge in [-0.2, -0.15) is 23.8 Å². The fraction of sp³-hybridized carbons (Fsp3) is 0.294. The summed E-state index contributed by atoms with van der Waals surface area (Å²) in [5, 5.41) is 0. The minimum atomic E-state index is 0. The third-order valence-electron chi connectivity index (χ3n) is 3.16. The van der Waals surface area contributed by atoms with Gasteiger partial charge in [-0.15, -0.1) is 6.07 Å². The van der Waals surface area contributed by atoms with E-state index in [-0.39, 0.29) is 45.4 Å². The largest absolute Gasteiger partial charge is 2.00 e. The molecule has 0 aromatic heterocycles.